The second-order valence-corrected chi connectivity index (χ2v) is 6.11. The van der Waals surface area contributed by atoms with E-state index in [4.69, 9.17) is 0 Å². The van der Waals surface area contributed by atoms with Gasteiger partial charge in [-0.2, -0.15) is 0 Å². The van der Waals surface area contributed by atoms with Gasteiger partial charge in [0.05, 0.1) is 5.69 Å². The van der Waals surface area contributed by atoms with Crippen LogP contribution in [0.2, 0.25) is 0 Å². The monoisotopic (exact) mass is 339 g/mol. The quantitative estimate of drug-likeness (QED) is 0.518. The molecule has 2 N–H and O–H groups in total. The van der Waals surface area contributed by atoms with Crippen molar-refractivity contribution in [3.63, 3.8) is 0 Å². The summed E-state index contributed by atoms with van der Waals surface area (Å²) in [5.74, 6) is 0.100. The average Bonchev–Trinajstić information content (AvgIpc) is 2.68. The van der Waals surface area contributed by atoms with Gasteiger partial charge < -0.3 is 10.2 Å². The fourth-order valence-electron chi connectivity index (χ4n) is 2.98. The summed E-state index contributed by atoms with van der Waals surface area (Å²) in [4.78, 5) is 4.37. The number of aromatic nitrogens is 1. The molecular formula is C23H17NO2. The van der Waals surface area contributed by atoms with Crippen LogP contribution in [0.5, 0.6) is 11.5 Å². The van der Waals surface area contributed by atoms with Crippen LogP contribution in [0.3, 0.4) is 0 Å². The van der Waals surface area contributed by atoms with Gasteiger partial charge in [0, 0.05) is 17.8 Å². The van der Waals surface area contributed by atoms with Crippen molar-refractivity contribution in [2.75, 3.05) is 0 Å². The Bertz CT molecular complexity index is 1000. The number of rotatable bonds is 3. The third kappa shape index (κ3) is 3.28. The second kappa shape index (κ2) is 6.73. The standard InChI is InChI=1S/C23H17NO2/c25-21-13-20(14-22(26)15-21)18-6-4-16(5-7-18)17-8-10-19(11-9-17)23-3-1-2-12-24-23/h1-15,25-26H. The molecule has 0 fully saturated rings. The van der Waals surface area contributed by atoms with Crippen molar-refractivity contribution in [1.82, 2.24) is 4.98 Å². The Hall–Kier alpha value is -3.59. The van der Waals surface area contributed by atoms with Gasteiger partial charge in [-0.1, -0.05) is 54.6 Å². The number of aromatic hydroxyl groups is 2. The highest BCUT2D eigenvalue weighted by Crippen LogP contribution is 2.30. The minimum Gasteiger partial charge on any atom is -0.508 e. The van der Waals surface area contributed by atoms with E-state index in [-0.39, 0.29) is 11.5 Å². The Morgan fingerprint density at radius 2 is 1.00 bits per heavy atom. The molecule has 126 valence electrons. The molecule has 0 aliphatic rings. The van der Waals surface area contributed by atoms with Crippen LogP contribution < -0.4 is 0 Å². The van der Waals surface area contributed by atoms with E-state index in [2.05, 4.69) is 29.2 Å². The van der Waals surface area contributed by atoms with Gasteiger partial charge in [0.15, 0.2) is 0 Å². The number of benzene rings is 3. The first kappa shape index (κ1) is 15.9. The minimum absolute atomic E-state index is 0.0502. The highest BCUT2D eigenvalue weighted by Gasteiger charge is 2.04. The molecule has 0 aliphatic carbocycles. The van der Waals surface area contributed by atoms with Crippen LogP contribution in [0.4, 0.5) is 0 Å². The summed E-state index contributed by atoms with van der Waals surface area (Å²) in [5, 5.41) is 19.3. The Kier molecular flexibility index (Phi) is 4.12. The number of phenolic OH excluding ortho intramolecular Hbond substituents is 2. The fourth-order valence-corrected chi connectivity index (χ4v) is 2.98. The zero-order valence-corrected chi connectivity index (χ0v) is 14.0. The fraction of sp³-hybridized carbons (Fsp3) is 0. The number of phenols is 2. The molecule has 0 atom stereocenters. The summed E-state index contributed by atoms with van der Waals surface area (Å²) in [5.41, 5.74) is 5.98. The van der Waals surface area contributed by atoms with Crippen LogP contribution in [0.1, 0.15) is 0 Å². The third-order valence-corrected chi connectivity index (χ3v) is 4.30. The lowest BCUT2D eigenvalue weighted by Crippen LogP contribution is -1.83. The molecule has 4 aromatic rings. The third-order valence-electron chi connectivity index (χ3n) is 4.30. The van der Waals surface area contributed by atoms with Gasteiger partial charge in [0.1, 0.15) is 11.5 Å². The molecule has 3 heteroatoms. The first-order valence-corrected chi connectivity index (χ1v) is 8.34. The van der Waals surface area contributed by atoms with Crippen LogP contribution in [-0.4, -0.2) is 15.2 Å². The smallest absolute Gasteiger partial charge is 0.119 e. The number of nitrogens with zero attached hydrogens (tertiary/aromatic N) is 1. The molecule has 0 saturated carbocycles. The zero-order valence-electron chi connectivity index (χ0n) is 14.0. The van der Waals surface area contributed by atoms with Gasteiger partial charge in [-0.05, 0) is 46.5 Å². The molecule has 0 radical (unpaired) electrons. The molecule has 3 nitrogen and oxygen atoms in total. The summed E-state index contributed by atoms with van der Waals surface area (Å²) in [6, 6.07) is 26.8. The van der Waals surface area contributed by atoms with Crippen LogP contribution >= 0.6 is 0 Å². The van der Waals surface area contributed by atoms with Crippen molar-refractivity contribution in [3.05, 3.63) is 91.1 Å². The molecule has 0 bridgehead atoms. The Morgan fingerprint density at radius 1 is 0.500 bits per heavy atom. The molecule has 1 aromatic heterocycles. The molecule has 1 heterocycles. The summed E-state index contributed by atoms with van der Waals surface area (Å²) >= 11 is 0. The van der Waals surface area contributed by atoms with E-state index in [1.54, 1.807) is 18.3 Å². The van der Waals surface area contributed by atoms with Gasteiger partial charge in [-0.3, -0.25) is 4.98 Å². The van der Waals surface area contributed by atoms with E-state index in [9.17, 15) is 10.2 Å². The lowest BCUT2D eigenvalue weighted by Gasteiger charge is -2.07. The van der Waals surface area contributed by atoms with E-state index in [1.165, 1.54) is 6.07 Å². The van der Waals surface area contributed by atoms with Crippen LogP contribution in [0, 0.1) is 0 Å². The molecule has 0 spiro atoms. The summed E-state index contributed by atoms with van der Waals surface area (Å²) in [6.07, 6.45) is 1.79. The summed E-state index contributed by atoms with van der Waals surface area (Å²) in [6.45, 7) is 0. The maximum atomic E-state index is 9.64. The number of pyridine rings is 1. The highest BCUT2D eigenvalue weighted by atomic mass is 16.3. The lowest BCUT2D eigenvalue weighted by molar-refractivity contribution is 0.451. The summed E-state index contributed by atoms with van der Waals surface area (Å²) in [7, 11) is 0. The molecule has 0 unspecified atom stereocenters. The van der Waals surface area contributed by atoms with Gasteiger partial charge >= 0.3 is 0 Å². The molecule has 4 rings (SSSR count). The normalized spacial score (nSPS) is 10.6. The van der Waals surface area contributed by atoms with Gasteiger partial charge in [-0.15, -0.1) is 0 Å². The molecular weight excluding hydrogens is 322 g/mol. The average molecular weight is 339 g/mol. The largest absolute Gasteiger partial charge is 0.508 e. The molecule has 0 saturated heterocycles. The van der Waals surface area contributed by atoms with Crippen molar-refractivity contribution >= 4 is 0 Å². The molecule has 0 aliphatic heterocycles. The maximum Gasteiger partial charge on any atom is 0.119 e. The highest BCUT2D eigenvalue weighted by molar-refractivity contribution is 5.73. The first-order valence-electron chi connectivity index (χ1n) is 8.34. The van der Waals surface area contributed by atoms with Gasteiger partial charge in [-0.25, -0.2) is 0 Å². The van der Waals surface area contributed by atoms with Crippen molar-refractivity contribution in [2.24, 2.45) is 0 Å². The van der Waals surface area contributed by atoms with Gasteiger partial charge in [0.2, 0.25) is 0 Å². The maximum absolute atomic E-state index is 9.64. The van der Waals surface area contributed by atoms with E-state index in [0.29, 0.717) is 0 Å². The van der Waals surface area contributed by atoms with Crippen LogP contribution in [0.25, 0.3) is 33.5 Å². The van der Waals surface area contributed by atoms with Crippen molar-refractivity contribution in [1.29, 1.82) is 0 Å². The van der Waals surface area contributed by atoms with Crippen molar-refractivity contribution in [2.45, 2.75) is 0 Å². The Balaban J connectivity index is 1.61. The Morgan fingerprint density at radius 3 is 1.50 bits per heavy atom. The number of hydrogen-bond acceptors (Lipinski definition) is 3. The van der Waals surface area contributed by atoms with Gasteiger partial charge in [0.25, 0.3) is 0 Å². The van der Waals surface area contributed by atoms with E-state index < -0.39 is 0 Å². The zero-order chi connectivity index (χ0) is 17.9. The van der Waals surface area contributed by atoms with Crippen LogP contribution in [-0.2, 0) is 0 Å². The number of hydrogen-bond donors (Lipinski definition) is 2. The summed E-state index contributed by atoms with van der Waals surface area (Å²) < 4.78 is 0. The lowest BCUT2D eigenvalue weighted by atomic mass is 9.99. The molecule has 3 aromatic carbocycles. The Labute approximate surface area is 151 Å². The molecule has 26 heavy (non-hydrogen) atoms. The van der Waals surface area contributed by atoms with Crippen LogP contribution in [0.15, 0.2) is 91.1 Å². The van der Waals surface area contributed by atoms with E-state index >= 15 is 0 Å². The second-order valence-electron chi connectivity index (χ2n) is 6.11. The first-order chi connectivity index (χ1) is 12.7. The minimum atomic E-state index is 0.0502. The van der Waals surface area contributed by atoms with Crippen molar-refractivity contribution in [3.8, 4) is 45.0 Å². The van der Waals surface area contributed by atoms with Crippen molar-refractivity contribution < 1.29 is 10.2 Å². The predicted molar refractivity (Wildman–Crippen MR) is 104 cm³/mol. The SMILES string of the molecule is Oc1cc(O)cc(-c2ccc(-c3ccc(-c4ccccn4)cc3)cc2)c1. The van der Waals surface area contributed by atoms with E-state index in [1.807, 2.05) is 42.5 Å². The topological polar surface area (TPSA) is 53.4 Å². The molecule has 0 amide bonds. The predicted octanol–water partition coefficient (Wildman–Crippen LogP) is 5.49. The van der Waals surface area contributed by atoms with E-state index in [0.717, 1.165) is 33.5 Å².